The molecule has 0 saturated carbocycles. The molecule has 17 heavy (non-hydrogen) atoms. The van der Waals surface area contributed by atoms with E-state index in [-0.39, 0.29) is 29.8 Å². The van der Waals surface area contributed by atoms with Crippen LogP contribution in [-0.4, -0.2) is 47.8 Å². The topological polar surface area (TPSA) is 61.4 Å². The van der Waals surface area contributed by atoms with Crippen LogP contribution in [0.1, 0.15) is 27.7 Å². The molecule has 0 aromatic carbocycles. The second-order valence-electron chi connectivity index (χ2n) is 4.73. The number of aliphatic hydroxyl groups is 1. The minimum atomic E-state index is 0.0100. The summed E-state index contributed by atoms with van der Waals surface area (Å²) in [6.07, 6.45) is 1.96. The summed E-state index contributed by atoms with van der Waals surface area (Å²) in [5.74, 6) is 0.448. The first-order valence-electron chi connectivity index (χ1n) is 6.08. The highest BCUT2D eigenvalue weighted by Gasteiger charge is 2.16. The van der Waals surface area contributed by atoms with Gasteiger partial charge in [-0.25, -0.2) is 0 Å². The maximum absolute atomic E-state index is 11.6. The fourth-order valence-corrected chi connectivity index (χ4v) is 1.95. The molecule has 0 rings (SSSR count). The highest BCUT2D eigenvalue weighted by atomic mass is 32.2. The molecule has 0 saturated heterocycles. The van der Waals surface area contributed by atoms with Crippen LogP contribution in [0.5, 0.6) is 0 Å². The maximum atomic E-state index is 11.6. The molecule has 0 spiro atoms. The molecular weight excluding hydrogens is 236 g/mol. The van der Waals surface area contributed by atoms with Gasteiger partial charge in [-0.15, -0.1) is 0 Å². The van der Waals surface area contributed by atoms with E-state index in [4.69, 9.17) is 5.11 Å². The number of rotatable bonds is 8. The van der Waals surface area contributed by atoms with Crippen molar-refractivity contribution in [2.75, 3.05) is 19.4 Å². The average Bonchev–Trinajstić information content (AvgIpc) is 2.27. The van der Waals surface area contributed by atoms with Gasteiger partial charge in [-0.05, 0) is 26.0 Å². The summed E-state index contributed by atoms with van der Waals surface area (Å²) in [6.45, 7) is 8.57. The maximum Gasteiger partial charge on any atom is 0.234 e. The standard InChI is InChI=1S/C12H26N2O2S/c1-8(2)9(3)14-12(16)6-13-10(4)11(7-15)17-5/h8-11,13,15H,6-7H2,1-5H3,(H,14,16). The lowest BCUT2D eigenvalue weighted by Gasteiger charge is -2.22. The monoisotopic (exact) mass is 262 g/mol. The molecule has 3 N–H and O–H groups in total. The lowest BCUT2D eigenvalue weighted by molar-refractivity contribution is -0.121. The highest BCUT2D eigenvalue weighted by Crippen LogP contribution is 2.09. The summed E-state index contributed by atoms with van der Waals surface area (Å²) in [5, 5.41) is 15.3. The Morgan fingerprint density at radius 3 is 2.24 bits per heavy atom. The van der Waals surface area contributed by atoms with E-state index in [1.54, 1.807) is 11.8 Å². The van der Waals surface area contributed by atoms with Crippen LogP contribution in [-0.2, 0) is 4.79 Å². The molecule has 4 nitrogen and oxygen atoms in total. The van der Waals surface area contributed by atoms with Crippen LogP contribution in [0.2, 0.25) is 0 Å². The fraction of sp³-hybridized carbons (Fsp3) is 0.917. The predicted molar refractivity (Wildman–Crippen MR) is 74.3 cm³/mol. The average molecular weight is 262 g/mol. The molecule has 0 radical (unpaired) electrons. The lowest BCUT2D eigenvalue weighted by Crippen LogP contribution is -2.46. The molecule has 0 aliphatic heterocycles. The zero-order valence-corrected chi connectivity index (χ0v) is 12.3. The molecule has 0 heterocycles. The van der Waals surface area contributed by atoms with Crippen molar-refractivity contribution in [3.05, 3.63) is 0 Å². The summed E-state index contributed by atoms with van der Waals surface area (Å²) < 4.78 is 0. The summed E-state index contributed by atoms with van der Waals surface area (Å²) >= 11 is 1.60. The van der Waals surface area contributed by atoms with Crippen LogP contribution in [0.15, 0.2) is 0 Å². The van der Waals surface area contributed by atoms with Gasteiger partial charge in [-0.2, -0.15) is 11.8 Å². The Hall–Kier alpha value is -0.260. The van der Waals surface area contributed by atoms with E-state index < -0.39 is 0 Å². The Morgan fingerprint density at radius 2 is 1.82 bits per heavy atom. The second-order valence-corrected chi connectivity index (χ2v) is 5.80. The number of carbonyl (C=O) groups is 1. The second kappa shape index (κ2) is 8.78. The molecule has 1 amide bonds. The van der Waals surface area contributed by atoms with Gasteiger partial charge in [0, 0.05) is 17.3 Å². The number of thioether (sulfide) groups is 1. The van der Waals surface area contributed by atoms with Gasteiger partial charge in [0.2, 0.25) is 5.91 Å². The molecule has 3 atom stereocenters. The summed E-state index contributed by atoms with van der Waals surface area (Å²) in [4.78, 5) is 11.6. The fourth-order valence-electron chi connectivity index (χ4n) is 1.29. The van der Waals surface area contributed by atoms with Crippen LogP contribution in [0.3, 0.4) is 0 Å². The van der Waals surface area contributed by atoms with Crippen molar-refractivity contribution in [2.45, 2.75) is 45.0 Å². The van der Waals surface area contributed by atoms with Crippen LogP contribution in [0, 0.1) is 5.92 Å². The van der Waals surface area contributed by atoms with E-state index in [0.717, 1.165) is 0 Å². The van der Waals surface area contributed by atoms with Gasteiger partial charge in [-0.1, -0.05) is 13.8 Å². The van der Waals surface area contributed by atoms with Gasteiger partial charge in [0.1, 0.15) is 0 Å². The Balaban J connectivity index is 3.91. The van der Waals surface area contributed by atoms with Gasteiger partial charge in [0.15, 0.2) is 0 Å². The zero-order valence-electron chi connectivity index (χ0n) is 11.5. The van der Waals surface area contributed by atoms with E-state index in [1.807, 2.05) is 20.1 Å². The molecule has 3 unspecified atom stereocenters. The smallest absolute Gasteiger partial charge is 0.234 e. The van der Waals surface area contributed by atoms with Crippen molar-refractivity contribution in [1.82, 2.24) is 10.6 Å². The molecule has 0 aliphatic carbocycles. The third kappa shape index (κ3) is 6.91. The summed E-state index contributed by atoms with van der Waals surface area (Å²) in [5.41, 5.74) is 0. The number of amides is 1. The minimum absolute atomic E-state index is 0.0100. The normalized spacial score (nSPS) is 16.6. The van der Waals surface area contributed by atoms with Gasteiger partial charge in [0.25, 0.3) is 0 Å². The van der Waals surface area contributed by atoms with Gasteiger partial charge in [0.05, 0.1) is 13.2 Å². The molecule has 102 valence electrons. The third-order valence-electron chi connectivity index (χ3n) is 3.01. The quantitative estimate of drug-likeness (QED) is 0.607. The first-order chi connectivity index (χ1) is 7.92. The number of carbonyl (C=O) groups excluding carboxylic acids is 1. The lowest BCUT2D eigenvalue weighted by atomic mass is 10.1. The largest absolute Gasteiger partial charge is 0.395 e. The van der Waals surface area contributed by atoms with Crippen LogP contribution < -0.4 is 10.6 Å². The summed E-state index contributed by atoms with van der Waals surface area (Å²) in [7, 11) is 0. The molecule has 0 aliphatic rings. The van der Waals surface area contributed by atoms with E-state index in [0.29, 0.717) is 12.5 Å². The number of hydrogen-bond acceptors (Lipinski definition) is 4. The summed E-state index contributed by atoms with van der Waals surface area (Å²) in [6, 6.07) is 0.309. The first-order valence-corrected chi connectivity index (χ1v) is 7.37. The van der Waals surface area contributed by atoms with Crippen LogP contribution >= 0.6 is 11.8 Å². The van der Waals surface area contributed by atoms with Crippen molar-refractivity contribution >= 4 is 17.7 Å². The first kappa shape index (κ1) is 16.7. The number of nitrogens with one attached hydrogen (secondary N) is 2. The highest BCUT2D eigenvalue weighted by molar-refractivity contribution is 7.99. The van der Waals surface area contributed by atoms with Crippen LogP contribution in [0.4, 0.5) is 0 Å². The molecule has 5 heteroatoms. The Morgan fingerprint density at radius 1 is 1.24 bits per heavy atom. The van der Waals surface area contributed by atoms with E-state index >= 15 is 0 Å². The Kier molecular flexibility index (Phi) is 8.64. The Bertz CT molecular complexity index is 221. The van der Waals surface area contributed by atoms with Crippen molar-refractivity contribution in [3.8, 4) is 0 Å². The Labute approximate surface area is 109 Å². The van der Waals surface area contributed by atoms with Gasteiger partial charge >= 0.3 is 0 Å². The van der Waals surface area contributed by atoms with Gasteiger partial charge < -0.3 is 15.7 Å². The zero-order chi connectivity index (χ0) is 13.4. The van der Waals surface area contributed by atoms with Crippen molar-refractivity contribution in [1.29, 1.82) is 0 Å². The molecule has 0 aromatic rings. The van der Waals surface area contributed by atoms with Crippen LogP contribution in [0.25, 0.3) is 0 Å². The van der Waals surface area contributed by atoms with Crippen molar-refractivity contribution in [3.63, 3.8) is 0 Å². The third-order valence-corrected chi connectivity index (χ3v) is 4.18. The minimum Gasteiger partial charge on any atom is -0.395 e. The van der Waals surface area contributed by atoms with Gasteiger partial charge in [-0.3, -0.25) is 4.79 Å². The molecule has 0 fully saturated rings. The van der Waals surface area contributed by atoms with Crippen molar-refractivity contribution < 1.29 is 9.90 Å². The molecule has 0 bridgehead atoms. The van der Waals surface area contributed by atoms with E-state index in [9.17, 15) is 4.79 Å². The SMILES string of the molecule is CSC(CO)C(C)NCC(=O)NC(C)C(C)C. The van der Waals surface area contributed by atoms with Crippen molar-refractivity contribution in [2.24, 2.45) is 5.92 Å². The number of aliphatic hydroxyl groups excluding tert-OH is 1. The molecular formula is C12H26N2O2S. The number of hydrogen-bond donors (Lipinski definition) is 3. The molecule has 0 aromatic heterocycles. The van der Waals surface area contributed by atoms with E-state index in [2.05, 4.69) is 24.5 Å². The predicted octanol–water partition coefficient (Wildman–Crippen LogP) is 0.849. The van der Waals surface area contributed by atoms with E-state index in [1.165, 1.54) is 0 Å².